The van der Waals surface area contributed by atoms with Crippen molar-refractivity contribution in [1.82, 2.24) is 19.7 Å². The lowest BCUT2D eigenvalue weighted by Crippen LogP contribution is -2.31. The molecule has 0 saturated carbocycles. The molecular weight excluding hydrogens is 396 g/mol. The average molecular weight is 411 g/mol. The molecule has 3 heterocycles. The van der Waals surface area contributed by atoms with E-state index >= 15 is 0 Å². The summed E-state index contributed by atoms with van der Waals surface area (Å²) in [6.07, 6.45) is 3.38. The van der Waals surface area contributed by atoms with Crippen LogP contribution < -0.4 is 11.1 Å². The molecular formula is C18H15BrN6O. The summed E-state index contributed by atoms with van der Waals surface area (Å²) in [5.74, 6) is 0.622. The van der Waals surface area contributed by atoms with Crippen molar-refractivity contribution in [2.75, 3.05) is 5.32 Å². The van der Waals surface area contributed by atoms with Gasteiger partial charge in [-0.3, -0.25) is 9.78 Å². The summed E-state index contributed by atoms with van der Waals surface area (Å²) in [6, 6.07) is 11.0. The second-order valence-corrected chi connectivity index (χ2v) is 6.84. The van der Waals surface area contributed by atoms with Gasteiger partial charge in [-0.25, -0.2) is 4.68 Å². The van der Waals surface area contributed by atoms with Crippen LogP contribution in [0.1, 0.15) is 18.5 Å². The summed E-state index contributed by atoms with van der Waals surface area (Å²) in [7, 11) is 0. The predicted molar refractivity (Wildman–Crippen MR) is 101 cm³/mol. The number of anilines is 1. The van der Waals surface area contributed by atoms with Gasteiger partial charge < -0.3 is 11.1 Å². The number of primary amides is 1. The maximum Gasteiger partial charge on any atom is 0.248 e. The molecule has 26 heavy (non-hydrogen) atoms. The van der Waals surface area contributed by atoms with Crippen LogP contribution in [0.4, 0.5) is 5.95 Å². The van der Waals surface area contributed by atoms with Crippen LogP contribution in [-0.2, 0) is 4.79 Å². The van der Waals surface area contributed by atoms with Gasteiger partial charge in [-0.05, 0) is 36.8 Å². The number of carbonyl (C=O) groups is 1. The number of fused-ring (bicyclic) bond motifs is 1. The van der Waals surface area contributed by atoms with Crippen LogP contribution in [0.5, 0.6) is 0 Å². The van der Waals surface area contributed by atoms with Crippen molar-refractivity contribution in [3.05, 3.63) is 70.1 Å². The molecule has 1 aliphatic rings. The third-order valence-electron chi connectivity index (χ3n) is 4.24. The summed E-state index contributed by atoms with van der Waals surface area (Å²) in [6.45, 7) is 1.82. The first-order valence-electron chi connectivity index (χ1n) is 7.94. The standard InChI is InChI=1S/C18H15BrN6O/c1-10-14(16(20)26)15(11-2-4-13(19)5-3-11)25-18(22-10)23-17(24-25)12-6-8-21-9-7-12/h2-9,15H,1H3,(H2,20,26)(H,22,23,24). The maximum absolute atomic E-state index is 12.1. The third-order valence-corrected chi connectivity index (χ3v) is 4.77. The Morgan fingerprint density at radius 1 is 1.19 bits per heavy atom. The van der Waals surface area contributed by atoms with Gasteiger partial charge >= 0.3 is 0 Å². The van der Waals surface area contributed by atoms with E-state index in [1.807, 2.05) is 43.3 Å². The highest BCUT2D eigenvalue weighted by molar-refractivity contribution is 9.10. The maximum atomic E-state index is 12.1. The van der Waals surface area contributed by atoms with Crippen LogP contribution in [-0.4, -0.2) is 25.7 Å². The number of hydrogen-bond donors (Lipinski definition) is 2. The monoisotopic (exact) mass is 410 g/mol. The fourth-order valence-electron chi connectivity index (χ4n) is 3.05. The second-order valence-electron chi connectivity index (χ2n) is 5.92. The number of allylic oxidation sites excluding steroid dienone is 1. The van der Waals surface area contributed by atoms with E-state index in [9.17, 15) is 4.79 Å². The minimum atomic E-state index is -0.491. The van der Waals surface area contributed by atoms with Crippen LogP contribution in [0.25, 0.3) is 11.4 Å². The first-order valence-corrected chi connectivity index (χ1v) is 8.74. The molecule has 0 fully saturated rings. The average Bonchev–Trinajstić information content (AvgIpc) is 3.05. The van der Waals surface area contributed by atoms with Gasteiger partial charge in [0.05, 0.1) is 5.57 Å². The highest BCUT2D eigenvalue weighted by Crippen LogP contribution is 2.36. The summed E-state index contributed by atoms with van der Waals surface area (Å²) >= 11 is 3.44. The second kappa shape index (κ2) is 6.38. The summed E-state index contributed by atoms with van der Waals surface area (Å²) < 4.78 is 2.65. The molecule has 1 aromatic carbocycles. The molecule has 1 aliphatic heterocycles. The molecule has 0 saturated heterocycles. The molecule has 0 spiro atoms. The number of nitrogens with two attached hydrogens (primary N) is 1. The first kappa shape index (κ1) is 16.5. The number of hydrogen-bond acceptors (Lipinski definition) is 5. The zero-order chi connectivity index (χ0) is 18.3. The summed E-state index contributed by atoms with van der Waals surface area (Å²) in [5, 5.41) is 7.77. The quantitative estimate of drug-likeness (QED) is 0.691. The normalized spacial score (nSPS) is 16.2. The molecule has 1 atom stereocenters. The summed E-state index contributed by atoms with van der Waals surface area (Å²) in [4.78, 5) is 20.7. The lowest BCUT2D eigenvalue weighted by atomic mass is 9.95. The van der Waals surface area contributed by atoms with Gasteiger partial charge in [-0.2, -0.15) is 4.98 Å². The van der Waals surface area contributed by atoms with Crippen LogP contribution in [0.3, 0.4) is 0 Å². The lowest BCUT2D eigenvalue weighted by Gasteiger charge is -2.27. The Kier molecular flexibility index (Phi) is 4.04. The molecule has 7 nitrogen and oxygen atoms in total. The number of aromatic nitrogens is 4. The van der Waals surface area contributed by atoms with Gasteiger partial charge in [0.1, 0.15) is 6.04 Å². The molecule has 3 aromatic rings. The zero-order valence-electron chi connectivity index (χ0n) is 13.8. The lowest BCUT2D eigenvalue weighted by molar-refractivity contribution is -0.115. The van der Waals surface area contributed by atoms with E-state index in [1.54, 1.807) is 17.1 Å². The van der Waals surface area contributed by atoms with E-state index in [1.165, 1.54) is 0 Å². The number of halogens is 1. The van der Waals surface area contributed by atoms with Crippen LogP contribution in [0.15, 0.2) is 64.5 Å². The van der Waals surface area contributed by atoms with Crippen molar-refractivity contribution < 1.29 is 4.79 Å². The van der Waals surface area contributed by atoms with Gasteiger partial charge in [-0.15, -0.1) is 5.10 Å². The Morgan fingerprint density at radius 2 is 1.88 bits per heavy atom. The van der Waals surface area contributed by atoms with Crippen molar-refractivity contribution in [2.45, 2.75) is 13.0 Å². The van der Waals surface area contributed by atoms with Gasteiger partial charge in [0, 0.05) is 28.1 Å². The van der Waals surface area contributed by atoms with Gasteiger partial charge in [0.2, 0.25) is 11.9 Å². The molecule has 3 N–H and O–H groups in total. The molecule has 0 aliphatic carbocycles. The topological polar surface area (TPSA) is 98.7 Å². The van der Waals surface area contributed by atoms with Crippen LogP contribution in [0.2, 0.25) is 0 Å². The number of amides is 1. The fraction of sp³-hybridized carbons (Fsp3) is 0.111. The molecule has 0 radical (unpaired) electrons. The van der Waals surface area contributed by atoms with E-state index < -0.39 is 11.9 Å². The van der Waals surface area contributed by atoms with E-state index in [0.717, 1.165) is 15.6 Å². The summed E-state index contributed by atoms with van der Waals surface area (Å²) in [5.41, 5.74) is 8.55. The van der Waals surface area contributed by atoms with Crippen molar-refractivity contribution in [3.63, 3.8) is 0 Å². The number of benzene rings is 1. The predicted octanol–water partition coefficient (Wildman–Crippen LogP) is 2.88. The zero-order valence-corrected chi connectivity index (χ0v) is 15.4. The number of rotatable bonds is 3. The number of nitrogens with one attached hydrogen (secondary N) is 1. The molecule has 2 aromatic heterocycles. The van der Waals surface area contributed by atoms with Gasteiger partial charge in [0.15, 0.2) is 5.82 Å². The Hall–Kier alpha value is -3.00. The third kappa shape index (κ3) is 2.78. The molecule has 8 heteroatoms. The SMILES string of the molecule is CC1=C(C(N)=O)C(c2ccc(Br)cc2)n2nc(-c3ccncc3)nc2N1. The highest BCUT2D eigenvalue weighted by Gasteiger charge is 2.33. The number of nitrogens with zero attached hydrogens (tertiary/aromatic N) is 4. The molecule has 1 amide bonds. The smallest absolute Gasteiger partial charge is 0.248 e. The van der Waals surface area contributed by atoms with E-state index in [2.05, 4.69) is 36.3 Å². The molecule has 1 unspecified atom stereocenters. The highest BCUT2D eigenvalue weighted by atomic mass is 79.9. The fourth-order valence-corrected chi connectivity index (χ4v) is 3.31. The van der Waals surface area contributed by atoms with Crippen molar-refractivity contribution in [2.24, 2.45) is 5.73 Å². The minimum absolute atomic E-state index is 0.445. The van der Waals surface area contributed by atoms with E-state index in [0.29, 0.717) is 23.0 Å². The van der Waals surface area contributed by atoms with E-state index in [-0.39, 0.29) is 0 Å². The van der Waals surface area contributed by atoms with Gasteiger partial charge in [-0.1, -0.05) is 28.1 Å². The van der Waals surface area contributed by atoms with Crippen LogP contribution in [0, 0.1) is 0 Å². The Balaban J connectivity index is 1.88. The largest absolute Gasteiger partial charge is 0.366 e. The minimum Gasteiger partial charge on any atom is -0.366 e. The number of carbonyl (C=O) groups excluding carboxylic acids is 1. The Bertz CT molecular complexity index is 1010. The molecule has 130 valence electrons. The Morgan fingerprint density at radius 3 is 2.54 bits per heavy atom. The van der Waals surface area contributed by atoms with Crippen molar-refractivity contribution in [3.8, 4) is 11.4 Å². The molecule has 0 bridgehead atoms. The molecule has 4 rings (SSSR count). The number of pyridine rings is 1. The first-order chi connectivity index (χ1) is 12.5. The van der Waals surface area contributed by atoms with E-state index in [4.69, 9.17) is 5.73 Å². The van der Waals surface area contributed by atoms with Crippen molar-refractivity contribution in [1.29, 1.82) is 0 Å². The van der Waals surface area contributed by atoms with Crippen molar-refractivity contribution >= 4 is 27.8 Å². The van der Waals surface area contributed by atoms with Gasteiger partial charge in [0.25, 0.3) is 0 Å². The Labute approximate surface area is 158 Å². The van der Waals surface area contributed by atoms with Crippen LogP contribution >= 0.6 is 15.9 Å².